The first-order valence-corrected chi connectivity index (χ1v) is 10.2. The highest BCUT2D eigenvalue weighted by Gasteiger charge is 2.34. The van der Waals surface area contributed by atoms with Gasteiger partial charge in [-0.15, -0.1) is 0 Å². The Morgan fingerprint density at radius 1 is 0.742 bits per heavy atom. The number of fused-ring (bicyclic) bond motifs is 5. The quantitative estimate of drug-likeness (QED) is 0.283. The van der Waals surface area contributed by atoms with Crippen LogP contribution in [0.5, 0.6) is 0 Å². The van der Waals surface area contributed by atoms with Crippen molar-refractivity contribution in [2.45, 2.75) is 13.1 Å². The molecule has 0 atom stereocenters. The molecule has 0 radical (unpaired) electrons. The van der Waals surface area contributed by atoms with Crippen LogP contribution in [-0.2, 0) is 13.1 Å². The second-order valence-corrected chi connectivity index (χ2v) is 7.64. The molecule has 3 heterocycles. The summed E-state index contributed by atoms with van der Waals surface area (Å²) < 4.78 is 4.18. The number of nitro groups is 1. The lowest BCUT2D eigenvalue weighted by atomic mass is 10.0. The lowest BCUT2D eigenvalue weighted by molar-refractivity contribution is -0.382. The third-order valence-electron chi connectivity index (χ3n) is 5.95. The molecule has 150 valence electrons. The van der Waals surface area contributed by atoms with Gasteiger partial charge in [-0.1, -0.05) is 72.8 Å². The van der Waals surface area contributed by atoms with E-state index < -0.39 is 0 Å². The van der Waals surface area contributed by atoms with E-state index in [1.165, 1.54) is 0 Å². The highest BCUT2D eigenvalue weighted by molar-refractivity contribution is 5.98. The molecule has 6 nitrogen and oxygen atoms in total. The van der Waals surface area contributed by atoms with Gasteiger partial charge in [-0.3, -0.25) is 10.1 Å². The monoisotopic (exact) mass is 406 g/mol. The Morgan fingerprint density at radius 2 is 1.35 bits per heavy atom. The summed E-state index contributed by atoms with van der Waals surface area (Å²) in [5, 5.41) is 12.8. The summed E-state index contributed by atoms with van der Waals surface area (Å²) in [6.45, 7) is 1.35. The molecular formula is C25H18N4O2. The molecule has 1 aliphatic heterocycles. The summed E-state index contributed by atoms with van der Waals surface area (Å²) in [6.07, 6.45) is 0. The molecule has 0 unspecified atom stereocenters. The summed E-state index contributed by atoms with van der Waals surface area (Å²) in [4.78, 5) is 16.9. The molecule has 3 aromatic carbocycles. The minimum absolute atomic E-state index is 0.126. The van der Waals surface area contributed by atoms with Crippen molar-refractivity contribution >= 4 is 16.6 Å². The van der Waals surface area contributed by atoms with E-state index in [1.807, 2.05) is 77.4 Å². The molecule has 0 bridgehead atoms. The van der Waals surface area contributed by atoms with E-state index in [9.17, 15) is 10.1 Å². The third-order valence-corrected chi connectivity index (χ3v) is 5.95. The van der Waals surface area contributed by atoms with Gasteiger partial charge in [0.1, 0.15) is 0 Å². The normalized spacial score (nSPS) is 12.5. The van der Waals surface area contributed by atoms with Crippen LogP contribution < -0.4 is 0 Å². The predicted octanol–water partition coefficient (Wildman–Crippen LogP) is 5.76. The Balaban J connectivity index is 1.72. The molecule has 6 rings (SSSR count). The molecule has 0 N–H and O–H groups in total. The molecule has 5 aromatic rings. The van der Waals surface area contributed by atoms with Crippen LogP contribution in [0.3, 0.4) is 0 Å². The molecule has 31 heavy (non-hydrogen) atoms. The van der Waals surface area contributed by atoms with Gasteiger partial charge in [0, 0.05) is 24.2 Å². The van der Waals surface area contributed by atoms with Crippen LogP contribution in [0.4, 0.5) is 5.69 Å². The summed E-state index contributed by atoms with van der Waals surface area (Å²) >= 11 is 0. The molecule has 0 spiro atoms. The summed E-state index contributed by atoms with van der Waals surface area (Å²) in [5.41, 5.74) is 5.46. The Kier molecular flexibility index (Phi) is 3.80. The van der Waals surface area contributed by atoms with E-state index in [0.717, 1.165) is 28.0 Å². The first kappa shape index (κ1) is 17.7. The molecule has 0 aliphatic carbocycles. The van der Waals surface area contributed by atoms with E-state index in [4.69, 9.17) is 4.98 Å². The lowest BCUT2D eigenvalue weighted by Gasteiger charge is -2.20. The SMILES string of the molecule is O=[N+]([O-])c1c2n(c3ccccc13)CCn1c-2nc(-c2ccccc2)c1-c1ccccc1. The maximum atomic E-state index is 12.1. The number of hydrogen-bond acceptors (Lipinski definition) is 3. The second-order valence-electron chi connectivity index (χ2n) is 7.64. The van der Waals surface area contributed by atoms with Gasteiger partial charge in [0.2, 0.25) is 0 Å². The standard InChI is InChI=1S/C25H18N4O2/c30-29(31)23-19-13-7-8-14-20(19)27-15-16-28-22(18-11-5-2-6-12-18)21(26-25(28)24(23)27)17-9-3-1-4-10-17/h1-14H,15-16H2. The predicted molar refractivity (Wildman–Crippen MR) is 121 cm³/mol. The molecule has 0 saturated carbocycles. The summed E-state index contributed by atoms with van der Waals surface area (Å²) in [5.74, 6) is 0.645. The van der Waals surface area contributed by atoms with Gasteiger partial charge in [0.05, 0.1) is 27.2 Å². The molecule has 1 aliphatic rings. The van der Waals surface area contributed by atoms with Crippen LogP contribution in [0.15, 0.2) is 84.9 Å². The van der Waals surface area contributed by atoms with E-state index in [0.29, 0.717) is 30.0 Å². The minimum Gasteiger partial charge on any atom is -0.330 e. The number of nitrogens with zero attached hydrogens (tertiary/aromatic N) is 4. The van der Waals surface area contributed by atoms with Crippen LogP contribution >= 0.6 is 0 Å². The smallest absolute Gasteiger partial charge is 0.305 e. The molecule has 6 heteroatoms. The van der Waals surface area contributed by atoms with Gasteiger partial charge in [0.25, 0.3) is 0 Å². The topological polar surface area (TPSA) is 65.9 Å². The Bertz CT molecular complexity index is 1450. The van der Waals surface area contributed by atoms with Gasteiger partial charge in [-0.2, -0.15) is 0 Å². The van der Waals surface area contributed by atoms with Crippen molar-refractivity contribution in [3.05, 3.63) is 95.0 Å². The van der Waals surface area contributed by atoms with Gasteiger partial charge in [-0.25, -0.2) is 4.98 Å². The van der Waals surface area contributed by atoms with Crippen molar-refractivity contribution in [2.24, 2.45) is 0 Å². The number of rotatable bonds is 3. The largest absolute Gasteiger partial charge is 0.330 e. The van der Waals surface area contributed by atoms with Crippen LogP contribution in [-0.4, -0.2) is 19.0 Å². The maximum absolute atomic E-state index is 12.1. The number of benzene rings is 3. The Labute approximate surface area is 178 Å². The summed E-state index contributed by atoms with van der Waals surface area (Å²) in [6, 6.07) is 27.7. The van der Waals surface area contributed by atoms with Crippen molar-refractivity contribution < 1.29 is 4.92 Å². The second kappa shape index (κ2) is 6.67. The molecule has 0 saturated heterocycles. The number of aromatic nitrogens is 3. The fourth-order valence-electron chi connectivity index (χ4n) is 4.67. The van der Waals surface area contributed by atoms with Crippen molar-refractivity contribution in [1.29, 1.82) is 0 Å². The van der Waals surface area contributed by atoms with Crippen LogP contribution in [0, 0.1) is 10.1 Å². The zero-order valence-electron chi connectivity index (χ0n) is 16.6. The van der Waals surface area contributed by atoms with Gasteiger partial charge >= 0.3 is 5.69 Å². The molecule has 2 aromatic heterocycles. The molecular weight excluding hydrogens is 388 g/mol. The van der Waals surface area contributed by atoms with Crippen molar-refractivity contribution in [1.82, 2.24) is 14.1 Å². The minimum atomic E-state index is -0.275. The molecule has 0 amide bonds. The highest BCUT2D eigenvalue weighted by Crippen LogP contribution is 2.45. The van der Waals surface area contributed by atoms with E-state index >= 15 is 0 Å². The number of para-hydroxylation sites is 1. The van der Waals surface area contributed by atoms with Crippen molar-refractivity contribution in [2.75, 3.05) is 0 Å². The van der Waals surface area contributed by atoms with E-state index in [2.05, 4.69) is 16.7 Å². The maximum Gasteiger partial charge on any atom is 0.305 e. The van der Waals surface area contributed by atoms with Crippen LogP contribution in [0.25, 0.3) is 44.9 Å². The van der Waals surface area contributed by atoms with E-state index in [1.54, 1.807) is 0 Å². The molecule has 0 fully saturated rings. The van der Waals surface area contributed by atoms with Gasteiger partial charge in [-0.05, 0) is 12.1 Å². The zero-order valence-corrected chi connectivity index (χ0v) is 16.6. The van der Waals surface area contributed by atoms with E-state index in [-0.39, 0.29) is 10.6 Å². The third kappa shape index (κ3) is 2.55. The average Bonchev–Trinajstić information content (AvgIpc) is 3.36. The summed E-state index contributed by atoms with van der Waals surface area (Å²) in [7, 11) is 0. The fourth-order valence-corrected chi connectivity index (χ4v) is 4.67. The Hall–Kier alpha value is -4.19. The van der Waals surface area contributed by atoms with Gasteiger partial charge in [0.15, 0.2) is 11.5 Å². The van der Waals surface area contributed by atoms with Crippen LogP contribution in [0.1, 0.15) is 0 Å². The zero-order chi connectivity index (χ0) is 20.9. The number of hydrogen-bond donors (Lipinski definition) is 0. The van der Waals surface area contributed by atoms with Crippen LogP contribution in [0.2, 0.25) is 0 Å². The highest BCUT2D eigenvalue weighted by atomic mass is 16.6. The first-order valence-electron chi connectivity index (χ1n) is 10.2. The fraction of sp³-hybridized carbons (Fsp3) is 0.0800. The number of imidazole rings is 1. The lowest BCUT2D eigenvalue weighted by Crippen LogP contribution is -2.17. The number of aryl methyl sites for hydroxylation is 1. The van der Waals surface area contributed by atoms with Crippen molar-refractivity contribution in [3.8, 4) is 34.0 Å². The van der Waals surface area contributed by atoms with Crippen molar-refractivity contribution in [3.63, 3.8) is 0 Å². The average molecular weight is 406 g/mol. The first-order chi connectivity index (χ1) is 15.2. The van der Waals surface area contributed by atoms with Gasteiger partial charge < -0.3 is 9.13 Å². The Morgan fingerprint density at radius 3 is 2.06 bits per heavy atom.